The van der Waals surface area contributed by atoms with Crippen LogP contribution in [0.25, 0.3) is 16.8 Å². The Kier molecular flexibility index (Phi) is 5.93. The Labute approximate surface area is 187 Å². The summed E-state index contributed by atoms with van der Waals surface area (Å²) in [5.74, 6) is 0.401. The molecule has 0 aliphatic heterocycles. The first-order valence-corrected chi connectivity index (χ1v) is 11.5. The van der Waals surface area contributed by atoms with Crippen LogP contribution in [0.15, 0.2) is 53.8 Å². The van der Waals surface area contributed by atoms with Crippen LogP contribution in [-0.2, 0) is 16.4 Å². The van der Waals surface area contributed by atoms with Crippen LogP contribution in [0.3, 0.4) is 0 Å². The van der Waals surface area contributed by atoms with Crippen molar-refractivity contribution < 1.29 is 26.3 Å². The van der Waals surface area contributed by atoms with Crippen molar-refractivity contribution in [1.29, 1.82) is 0 Å². The summed E-state index contributed by atoms with van der Waals surface area (Å²) in [5.41, 5.74) is 0.170. The Morgan fingerprint density at radius 2 is 1.88 bits per heavy atom. The predicted octanol–water partition coefficient (Wildman–Crippen LogP) is 3.89. The monoisotopic (exact) mass is 477 g/mol. The average Bonchev–Trinajstić information content (AvgIpc) is 3.27. The molecule has 3 heterocycles. The molecule has 0 amide bonds. The maximum absolute atomic E-state index is 14.2. The van der Waals surface area contributed by atoms with E-state index in [4.69, 9.17) is 4.74 Å². The summed E-state index contributed by atoms with van der Waals surface area (Å²) in [6.07, 6.45) is -0.748. The summed E-state index contributed by atoms with van der Waals surface area (Å²) < 4.78 is 72.0. The highest BCUT2D eigenvalue weighted by atomic mass is 32.2. The van der Waals surface area contributed by atoms with Crippen LogP contribution < -0.4 is 10.1 Å². The summed E-state index contributed by atoms with van der Waals surface area (Å²) >= 11 is 0. The average molecular weight is 477 g/mol. The fourth-order valence-electron chi connectivity index (χ4n) is 3.40. The van der Waals surface area contributed by atoms with Gasteiger partial charge in [0.25, 0.3) is 6.43 Å². The molecule has 12 heteroatoms. The number of nitrogens with one attached hydrogen (secondary N) is 1. The molecule has 0 spiro atoms. The number of nitrogens with zero attached hydrogens (tertiary/aromatic N) is 4. The summed E-state index contributed by atoms with van der Waals surface area (Å²) in [5, 5.41) is 10.5. The van der Waals surface area contributed by atoms with E-state index in [1.54, 1.807) is 12.1 Å². The Balaban J connectivity index is 1.75. The number of alkyl halides is 2. The first-order chi connectivity index (χ1) is 15.7. The minimum atomic E-state index is -3.77. The third-order valence-electron chi connectivity index (χ3n) is 4.97. The van der Waals surface area contributed by atoms with Crippen LogP contribution in [0.4, 0.5) is 19.0 Å². The molecule has 0 unspecified atom stereocenters. The minimum absolute atomic E-state index is 0.0257. The molecule has 1 N–H and O–H groups in total. The second kappa shape index (κ2) is 8.70. The van der Waals surface area contributed by atoms with E-state index in [0.717, 1.165) is 6.26 Å². The lowest BCUT2D eigenvalue weighted by Gasteiger charge is -2.15. The quantitative estimate of drug-likeness (QED) is 0.431. The van der Waals surface area contributed by atoms with Gasteiger partial charge in [-0.25, -0.2) is 26.6 Å². The normalized spacial score (nSPS) is 11.8. The number of methoxy groups -OCH3 is 1. The number of benzene rings is 1. The molecule has 0 aliphatic carbocycles. The Hall–Kier alpha value is -3.67. The molecule has 1 aromatic carbocycles. The van der Waals surface area contributed by atoms with Crippen LogP contribution in [-0.4, -0.2) is 41.4 Å². The zero-order valence-electron chi connectivity index (χ0n) is 17.5. The molecule has 0 saturated heterocycles. The summed E-state index contributed by atoms with van der Waals surface area (Å²) in [7, 11) is -2.33. The molecule has 4 aromatic rings. The first-order valence-electron chi connectivity index (χ1n) is 9.58. The fraction of sp³-hybridized carbons (Fsp3) is 0.190. The van der Waals surface area contributed by atoms with Crippen LogP contribution in [0, 0.1) is 5.82 Å². The zero-order chi connectivity index (χ0) is 23.8. The van der Waals surface area contributed by atoms with Gasteiger partial charge in [0.2, 0.25) is 0 Å². The van der Waals surface area contributed by atoms with Crippen molar-refractivity contribution in [3.05, 3.63) is 65.9 Å². The van der Waals surface area contributed by atoms with Gasteiger partial charge in [-0.2, -0.15) is 0 Å². The molecule has 0 saturated carbocycles. The van der Waals surface area contributed by atoms with Crippen LogP contribution in [0.2, 0.25) is 0 Å². The number of halogens is 3. The van der Waals surface area contributed by atoms with Crippen molar-refractivity contribution in [2.45, 2.75) is 18.0 Å². The number of anilines is 1. The minimum Gasteiger partial charge on any atom is -0.496 e. The van der Waals surface area contributed by atoms with Gasteiger partial charge in [-0.1, -0.05) is 6.07 Å². The SMILES string of the molecule is COc1cccc(F)c1CNc1ccc(-c2ccc(S(C)(=O)=O)nc2C(F)F)c2nncn12. The predicted molar refractivity (Wildman–Crippen MR) is 115 cm³/mol. The number of aromatic nitrogens is 4. The van der Waals surface area contributed by atoms with E-state index in [1.165, 1.54) is 48.2 Å². The third kappa shape index (κ3) is 4.33. The highest BCUT2D eigenvalue weighted by Gasteiger charge is 2.22. The maximum Gasteiger partial charge on any atom is 0.281 e. The van der Waals surface area contributed by atoms with E-state index in [9.17, 15) is 21.6 Å². The maximum atomic E-state index is 14.2. The van der Waals surface area contributed by atoms with Gasteiger partial charge in [0.05, 0.1) is 7.11 Å². The number of sulfone groups is 1. The summed E-state index contributed by atoms with van der Waals surface area (Å²) in [6.45, 7) is 0.0787. The topological polar surface area (TPSA) is 98.5 Å². The number of rotatable bonds is 7. The Bertz CT molecular complexity index is 1440. The molecular formula is C21H18F3N5O3S. The molecule has 172 valence electrons. The molecule has 0 radical (unpaired) electrons. The molecule has 0 aliphatic rings. The number of hydrogen-bond acceptors (Lipinski definition) is 7. The van der Waals surface area contributed by atoms with E-state index in [2.05, 4.69) is 20.5 Å². The van der Waals surface area contributed by atoms with E-state index in [0.29, 0.717) is 17.1 Å². The van der Waals surface area contributed by atoms with Crippen molar-refractivity contribution in [3.63, 3.8) is 0 Å². The molecule has 33 heavy (non-hydrogen) atoms. The van der Waals surface area contributed by atoms with Gasteiger partial charge in [0.1, 0.15) is 29.4 Å². The molecule has 0 fully saturated rings. The number of pyridine rings is 2. The lowest BCUT2D eigenvalue weighted by Crippen LogP contribution is -2.08. The lowest BCUT2D eigenvalue weighted by molar-refractivity contribution is 0.146. The van der Waals surface area contributed by atoms with Gasteiger partial charge < -0.3 is 10.1 Å². The Morgan fingerprint density at radius 1 is 1.12 bits per heavy atom. The second-order valence-corrected chi connectivity index (χ2v) is 9.05. The third-order valence-corrected chi connectivity index (χ3v) is 5.96. The highest BCUT2D eigenvalue weighted by molar-refractivity contribution is 7.90. The van der Waals surface area contributed by atoms with E-state index >= 15 is 0 Å². The molecule has 3 aromatic heterocycles. The largest absolute Gasteiger partial charge is 0.496 e. The van der Waals surface area contributed by atoms with Gasteiger partial charge in [0, 0.05) is 29.5 Å². The summed E-state index contributed by atoms with van der Waals surface area (Å²) in [4.78, 5) is 3.67. The Morgan fingerprint density at radius 3 is 2.58 bits per heavy atom. The van der Waals surface area contributed by atoms with Gasteiger partial charge >= 0.3 is 0 Å². The molecule has 0 atom stereocenters. The standard InChI is InChI=1S/C21H18F3N5O3S/c1-32-16-5-3-4-15(22)14(16)10-25-17-8-6-13(21-28-26-11-29(17)21)12-7-9-18(33(2,30)31)27-19(12)20(23)24/h3-9,11,20,25H,10H2,1-2H3. The molecule has 4 rings (SSSR count). The van der Waals surface area contributed by atoms with Crippen molar-refractivity contribution in [2.24, 2.45) is 0 Å². The lowest BCUT2D eigenvalue weighted by atomic mass is 10.1. The second-order valence-electron chi connectivity index (χ2n) is 7.09. The van der Waals surface area contributed by atoms with Gasteiger partial charge in [-0.3, -0.25) is 4.40 Å². The van der Waals surface area contributed by atoms with Crippen molar-refractivity contribution >= 4 is 21.3 Å². The van der Waals surface area contributed by atoms with Gasteiger partial charge in [-0.05, 0) is 36.4 Å². The smallest absolute Gasteiger partial charge is 0.281 e. The van der Waals surface area contributed by atoms with Crippen molar-refractivity contribution in [2.75, 3.05) is 18.7 Å². The van der Waals surface area contributed by atoms with Gasteiger partial charge in [0.15, 0.2) is 20.5 Å². The number of fused-ring (bicyclic) bond motifs is 1. The molecule has 8 nitrogen and oxygen atoms in total. The van der Waals surface area contributed by atoms with Crippen LogP contribution in [0.1, 0.15) is 17.7 Å². The fourth-order valence-corrected chi connectivity index (χ4v) is 3.98. The van der Waals surface area contributed by atoms with E-state index < -0.39 is 32.8 Å². The van der Waals surface area contributed by atoms with Gasteiger partial charge in [-0.15, -0.1) is 10.2 Å². The van der Waals surface area contributed by atoms with Crippen molar-refractivity contribution in [3.8, 4) is 16.9 Å². The van der Waals surface area contributed by atoms with Crippen LogP contribution >= 0.6 is 0 Å². The zero-order valence-corrected chi connectivity index (χ0v) is 18.3. The number of hydrogen-bond donors (Lipinski definition) is 1. The number of ether oxygens (including phenoxy) is 1. The first kappa shape index (κ1) is 22.5. The highest BCUT2D eigenvalue weighted by Crippen LogP contribution is 2.34. The van der Waals surface area contributed by atoms with E-state index in [-0.39, 0.29) is 23.3 Å². The van der Waals surface area contributed by atoms with E-state index in [1.807, 2.05) is 0 Å². The van der Waals surface area contributed by atoms with Crippen LogP contribution in [0.5, 0.6) is 5.75 Å². The van der Waals surface area contributed by atoms with Crippen molar-refractivity contribution in [1.82, 2.24) is 19.6 Å². The molecular weight excluding hydrogens is 459 g/mol. The molecule has 0 bridgehead atoms. The summed E-state index contributed by atoms with van der Waals surface area (Å²) in [6, 6.07) is 10.1.